The molecular weight excluding hydrogens is 258 g/mol. The monoisotopic (exact) mass is 271 g/mol. The van der Waals surface area contributed by atoms with Gasteiger partial charge in [0.15, 0.2) is 0 Å². The molecule has 1 aromatic heterocycles. The minimum Gasteiger partial charge on any atom is -0.330 e. The van der Waals surface area contributed by atoms with Crippen LogP contribution in [0.3, 0.4) is 0 Å². The smallest absolute Gasteiger partial charge is 0.319 e. The molecule has 8 heteroatoms. The van der Waals surface area contributed by atoms with E-state index in [1.165, 1.54) is 11.3 Å². The molecule has 0 fully saturated rings. The van der Waals surface area contributed by atoms with Gasteiger partial charge in [0, 0.05) is 18.3 Å². The van der Waals surface area contributed by atoms with Gasteiger partial charge in [-0.05, 0) is 6.54 Å². The highest BCUT2D eigenvalue weighted by Crippen LogP contribution is 2.21. The standard InChI is InChI=1S/C9H13F4N3S/c10-8(11)9(12,13)5-15-3-6-4-17-7(16-6)1-2-14/h4,8,15H,1-3,5,14H2. The summed E-state index contributed by atoms with van der Waals surface area (Å²) in [5.41, 5.74) is 5.89. The van der Waals surface area contributed by atoms with E-state index in [2.05, 4.69) is 10.3 Å². The molecule has 3 nitrogen and oxygen atoms in total. The maximum Gasteiger partial charge on any atom is 0.319 e. The van der Waals surface area contributed by atoms with Gasteiger partial charge in [-0.15, -0.1) is 11.3 Å². The number of nitrogens with zero attached hydrogens (tertiary/aromatic N) is 1. The van der Waals surface area contributed by atoms with Crippen LogP contribution in [0.15, 0.2) is 5.38 Å². The second-order valence-corrected chi connectivity index (χ2v) is 4.38. The first-order chi connectivity index (χ1) is 7.95. The Morgan fingerprint density at radius 2 is 2.18 bits per heavy atom. The average Bonchev–Trinajstić information content (AvgIpc) is 2.66. The van der Waals surface area contributed by atoms with E-state index < -0.39 is 18.9 Å². The fourth-order valence-electron chi connectivity index (χ4n) is 1.10. The summed E-state index contributed by atoms with van der Waals surface area (Å²) >= 11 is 1.37. The molecule has 0 aliphatic rings. The van der Waals surface area contributed by atoms with Crippen LogP contribution in [0.4, 0.5) is 17.6 Å². The summed E-state index contributed by atoms with van der Waals surface area (Å²) in [6.45, 7) is -0.554. The molecule has 1 aromatic rings. The fraction of sp³-hybridized carbons (Fsp3) is 0.667. The number of rotatable bonds is 7. The Balaban J connectivity index is 2.35. The molecular formula is C9H13F4N3S. The second-order valence-electron chi connectivity index (χ2n) is 3.44. The van der Waals surface area contributed by atoms with Gasteiger partial charge in [-0.3, -0.25) is 0 Å². The maximum absolute atomic E-state index is 12.5. The Labute approximate surface area is 100 Å². The summed E-state index contributed by atoms with van der Waals surface area (Å²) in [7, 11) is 0. The van der Waals surface area contributed by atoms with Gasteiger partial charge in [-0.25, -0.2) is 13.8 Å². The van der Waals surface area contributed by atoms with Crippen LogP contribution in [0, 0.1) is 0 Å². The Bertz CT molecular complexity index is 343. The molecule has 0 unspecified atom stereocenters. The van der Waals surface area contributed by atoms with Gasteiger partial charge < -0.3 is 11.1 Å². The predicted octanol–water partition coefficient (Wildman–Crippen LogP) is 1.63. The van der Waals surface area contributed by atoms with E-state index in [1.807, 2.05) is 0 Å². The topological polar surface area (TPSA) is 50.9 Å². The normalized spacial score (nSPS) is 12.4. The van der Waals surface area contributed by atoms with Crippen LogP contribution in [-0.4, -0.2) is 30.4 Å². The minimum absolute atomic E-state index is 0.0450. The van der Waals surface area contributed by atoms with E-state index in [0.717, 1.165) is 5.01 Å². The number of nitrogens with one attached hydrogen (secondary N) is 1. The highest BCUT2D eigenvalue weighted by Gasteiger charge is 2.39. The summed E-state index contributed by atoms with van der Waals surface area (Å²) in [5, 5.41) is 4.76. The van der Waals surface area contributed by atoms with Crippen LogP contribution >= 0.6 is 11.3 Å². The fourth-order valence-corrected chi connectivity index (χ4v) is 1.92. The third kappa shape index (κ3) is 4.57. The van der Waals surface area contributed by atoms with E-state index >= 15 is 0 Å². The molecule has 0 radical (unpaired) electrons. The van der Waals surface area contributed by atoms with E-state index in [4.69, 9.17) is 5.73 Å². The molecule has 0 aromatic carbocycles. The number of alkyl halides is 4. The first kappa shape index (κ1) is 14.3. The van der Waals surface area contributed by atoms with E-state index in [1.54, 1.807) is 5.38 Å². The van der Waals surface area contributed by atoms with Crippen LogP contribution in [0.2, 0.25) is 0 Å². The number of halogens is 4. The molecule has 98 valence electrons. The molecule has 17 heavy (non-hydrogen) atoms. The lowest BCUT2D eigenvalue weighted by Crippen LogP contribution is -2.38. The third-order valence-electron chi connectivity index (χ3n) is 1.94. The van der Waals surface area contributed by atoms with Crippen LogP contribution in [0.25, 0.3) is 0 Å². The predicted molar refractivity (Wildman–Crippen MR) is 57.5 cm³/mol. The van der Waals surface area contributed by atoms with Gasteiger partial charge in [-0.2, -0.15) is 8.78 Å². The van der Waals surface area contributed by atoms with E-state index in [9.17, 15) is 17.6 Å². The molecule has 0 amide bonds. The first-order valence-corrected chi connectivity index (χ1v) is 5.83. The van der Waals surface area contributed by atoms with Crippen molar-refractivity contribution in [2.24, 2.45) is 5.73 Å². The molecule has 0 bridgehead atoms. The van der Waals surface area contributed by atoms with Crippen LogP contribution < -0.4 is 11.1 Å². The van der Waals surface area contributed by atoms with Gasteiger partial charge >= 0.3 is 12.3 Å². The average molecular weight is 271 g/mol. The van der Waals surface area contributed by atoms with Crippen molar-refractivity contribution in [3.05, 3.63) is 16.1 Å². The third-order valence-corrected chi connectivity index (χ3v) is 2.90. The van der Waals surface area contributed by atoms with Crippen molar-refractivity contribution in [1.29, 1.82) is 0 Å². The highest BCUT2D eigenvalue weighted by molar-refractivity contribution is 7.09. The number of aromatic nitrogens is 1. The van der Waals surface area contributed by atoms with Crippen molar-refractivity contribution in [1.82, 2.24) is 10.3 Å². The molecule has 1 heterocycles. The highest BCUT2D eigenvalue weighted by atomic mass is 32.1. The lowest BCUT2D eigenvalue weighted by Gasteiger charge is -2.15. The van der Waals surface area contributed by atoms with Gasteiger partial charge in [-0.1, -0.05) is 0 Å². The molecule has 0 atom stereocenters. The van der Waals surface area contributed by atoms with Crippen LogP contribution in [0.5, 0.6) is 0 Å². The van der Waals surface area contributed by atoms with Crippen molar-refractivity contribution >= 4 is 11.3 Å². The largest absolute Gasteiger partial charge is 0.330 e. The second kappa shape index (κ2) is 6.27. The zero-order valence-electron chi connectivity index (χ0n) is 8.93. The van der Waals surface area contributed by atoms with E-state index in [0.29, 0.717) is 18.7 Å². The lowest BCUT2D eigenvalue weighted by molar-refractivity contribution is -0.125. The Morgan fingerprint density at radius 3 is 2.76 bits per heavy atom. The zero-order valence-corrected chi connectivity index (χ0v) is 9.74. The SMILES string of the molecule is NCCc1nc(CNCC(F)(F)C(F)F)cs1. The minimum atomic E-state index is -4.00. The number of hydrogen-bond donors (Lipinski definition) is 2. The molecule has 0 aliphatic heterocycles. The summed E-state index contributed by atoms with van der Waals surface area (Å²) < 4.78 is 48.7. The summed E-state index contributed by atoms with van der Waals surface area (Å²) in [5.74, 6) is -4.00. The van der Waals surface area contributed by atoms with Crippen molar-refractivity contribution < 1.29 is 17.6 Å². The van der Waals surface area contributed by atoms with Crippen molar-refractivity contribution in [3.63, 3.8) is 0 Å². The van der Waals surface area contributed by atoms with Crippen molar-refractivity contribution in [3.8, 4) is 0 Å². The number of thiazole rings is 1. The Kier molecular flexibility index (Phi) is 5.29. The van der Waals surface area contributed by atoms with E-state index in [-0.39, 0.29) is 6.54 Å². The summed E-state index contributed by atoms with van der Waals surface area (Å²) in [4.78, 5) is 4.11. The molecule has 3 N–H and O–H groups in total. The van der Waals surface area contributed by atoms with Crippen molar-refractivity contribution in [2.45, 2.75) is 25.3 Å². The molecule has 0 saturated heterocycles. The summed E-state index contributed by atoms with van der Waals surface area (Å²) in [6.07, 6.45) is -3.03. The zero-order chi connectivity index (χ0) is 12.9. The Hall–Kier alpha value is -0.730. The Morgan fingerprint density at radius 1 is 1.47 bits per heavy atom. The number of hydrogen-bond acceptors (Lipinski definition) is 4. The lowest BCUT2D eigenvalue weighted by atomic mass is 10.3. The number of nitrogens with two attached hydrogens (primary N) is 1. The summed E-state index contributed by atoms with van der Waals surface area (Å²) in [6, 6.07) is 0. The molecule has 0 aliphatic carbocycles. The van der Waals surface area contributed by atoms with Gasteiger partial charge in [0.2, 0.25) is 0 Å². The van der Waals surface area contributed by atoms with Gasteiger partial charge in [0.1, 0.15) is 0 Å². The van der Waals surface area contributed by atoms with Crippen LogP contribution in [0.1, 0.15) is 10.7 Å². The molecule has 0 spiro atoms. The van der Waals surface area contributed by atoms with Gasteiger partial charge in [0.05, 0.1) is 17.2 Å². The quantitative estimate of drug-likeness (QED) is 0.741. The van der Waals surface area contributed by atoms with Crippen LogP contribution in [-0.2, 0) is 13.0 Å². The van der Waals surface area contributed by atoms with Crippen molar-refractivity contribution in [2.75, 3.05) is 13.1 Å². The maximum atomic E-state index is 12.5. The molecule has 1 rings (SSSR count). The molecule has 0 saturated carbocycles. The van der Waals surface area contributed by atoms with Gasteiger partial charge in [0.25, 0.3) is 0 Å². The first-order valence-electron chi connectivity index (χ1n) is 4.95.